The van der Waals surface area contributed by atoms with Crippen molar-refractivity contribution in [1.29, 1.82) is 0 Å². The van der Waals surface area contributed by atoms with Crippen LogP contribution in [0.3, 0.4) is 0 Å². The summed E-state index contributed by atoms with van der Waals surface area (Å²) >= 11 is 0. The van der Waals surface area contributed by atoms with E-state index in [1.54, 1.807) is 13.3 Å². The molecule has 0 unspecified atom stereocenters. The first-order valence-corrected chi connectivity index (χ1v) is 6.43. The number of fused-ring (bicyclic) bond motifs is 1. The van der Waals surface area contributed by atoms with Gasteiger partial charge in [0.1, 0.15) is 5.75 Å². The summed E-state index contributed by atoms with van der Waals surface area (Å²) in [6, 6.07) is 9.92. The molecule has 1 N–H and O–H groups in total. The summed E-state index contributed by atoms with van der Waals surface area (Å²) in [4.78, 5) is 4.42. The van der Waals surface area contributed by atoms with E-state index in [0.717, 1.165) is 28.0 Å². The fraction of sp³-hybridized carbons (Fsp3) is 0.200. The number of pyridine rings is 1. The van der Waals surface area contributed by atoms with E-state index in [0.29, 0.717) is 6.54 Å². The first-order valence-electron chi connectivity index (χ1n) is 6.43. The van der Waals surface area contributed by atoms with Gasteiger partial charge in [-0.1, -0.05) is 12.1 Å². The number of aromatic nitrogens is 3. The van der Waals surface area contributed by atoms with E-state index in [4.69, 9.17) is 4.74 Å². The molecule has 0 saturated carbocycles. The molecule has 0 bridgehead atoms. The highest BCUT2D eigenvalue weighted by Crippen LogP contribution is 2.21. The Kier molecular flexibility index (Phi) is 3.25. The van der Waals surface area contributed by atoms with Crippen LogP contribution in [0.15, 0.2) is 42.7 Å². The van der Waals surface area contributed by atoms with E-state index in [1.165, 1.54) is 0 Å². The highest BCUT2D eigenvalue weighted by atomic mass is 16.5. The summed E-state index contributed by atoms with van der Waals surface area (Å²) in [5.74, 6) is 0.856. The van der Waals surface area contributed by atoms with Gasteiger partial charge in [0.05, 0.1) is 25.2 Å². The molecule has 3 rings (SSSR count). The van der Waals surface area contributed by atoms with Crippen LogP contribution in [0.2, 0.25) is 0 Å². The molecular weight excluding hydrogens is 252 g/mol. The Morgan fingerprint density at radius 2 is 2.00 bits per heavy atom. The number of ether oxygens (including phenoxy) is 1. The van der Waals surface area contributed by atoms with E-state index in [9.17, 15) is 0 Å². The van der Waals surface area contributed by atoms with Gasteiger partial charge in [0.2, 0.25) is 0 Å². The van der Waals surface area contributed by atoms with Gasteiger partial charge >= 0.3 is 0 Å². The average molecular weight is 268 g/mol. The first kappa shape index (κ1) is 12.5. The zero-order chi connectivity index (χ0) is 13.9. The van der Waals surface area contributed by atoms with Crippen LogP contribution >= 0.6 is 0 Å². The standard InChI is InChI=1S/C15H16N4O/c1-16-14-7-8-17-15-13(14)9-18-19(15)10-11-3-5-12(20-2)6-4-11/h3-9H,10H2,1-2H3,(H,16,17). The summed E-state index contributed by atoms with van der Waals surface area (Å²) in [5, 5.41) is 8.61. The monoisotopic (exact) mass is 268 g/mol. The molecule has 2 heterocycles. The van der Waals surface area contributed by atoms with Crippen LogP contribution in [-0.4, -0.2) is 28.9 Å². The number of hydrogen-bond donors (Lipinski definition) is 1. The van der Waals surface area contributed by atoms with Crippen LogP contribution in [-0.2, 0) is 6.54 Å². The van der Waals surface area contributed by atoms with Gasteiger partial charge in [-0.05, 0) is 23.8 Å². The molecule has 0 atom stereocenters. The Morgan fingerprint density at radius 1 is 1.20 bits per heavy atom. The zero-order valence-electron chi connectivity index (χ0n) is 11.5. The maximum atomic E-state index is 5.16. The summed E-state index contributed by atoms with van der Waals surface area (Å²) in [6.45, 7) is 0.688. The Morgan fingerprint density at radius 3 is 2.70 bits per heavy atom. The summed E-state index contributed by atoms with van der Waals surface area (Å²) in [7, 11) is 3.56. The Labute approximate surface area is 117 Å². The van der Waals surface area contributed by atoms with Crippen molar-refractivity contribution in [3.63, 3.8) is 0 Å². The molecule has 5 nitrogen and oxygen atoms in total. The van der Waals surface area contributed by atoms with Crippen molar-refractivity contribution in [2.75, 3.05) is 19.5 Å². The molecule has 0 saturated heterocycles. The van der Waals surface area contributed by atoms with Gasteiger partial charge in [0.15, 0.2) is 5.65 Å². The minimum Gasteiger partial charge on any atom is -0.497 e. The molecule has 0 aliphatic heterocycles. The fourth-order valence-corrected chi connectivity index (χ4v) is 2.21. The number of nitrogens with zero attached hydrogens (tertiary/aromatic N) is 3. The predicted molar refractivity (Wildman–Crippen MR) is 79.2 cm³/mol. The summed E-state index contributed by atoms with van der Waals surface area (Å²) in [6.07, 6.45) is 3.64. The van der Waals surface area contributed by atoms with E-state index in [1.807, 2.05) is 48.3 Å². The molecule has 0 radical (unpaired) electrons. The molecule has 102 valence electrons. The van der Waals surface area contributed by atoms with Gasteiger partial charge in [-0.25, -0.2) is 9.67 Å². The minimum atomic E-state index is 0.688. The average Bonchev–Trinajstić information content (AvgIpc) is 2.91. The predicted octanol–water partition coefficient (Wildman–Crippen LogP) is 2.53. The van der Waals surface area contributed by atoms with Crippen molar-refractivity contribution in [2.45, 2.75) is 6.54 Å². The lowest BCUT2D eigenvalue weighted by Gasteiger charge is -2.06. The van der Waals surface area contributed by atoms with Gasteiger partial charge < -0.3 is 10.1 Å². The molecule has 1 aromatic carbocycles. The molecule has 3 aromatic rings. The van der Waals surface area contributed by atoms with Gasteiger partial charge in [-0.3, -0.25) is 0 Å². The van der Waals surface area contributed by atoms with Crippen molar-refractivity contribution >= 4 is 16.7 Å². The van der Waals surface area contributed by atoms with Crippen LogP contribution in [0.5, 0.6) is 5.75 Å². The number of methoxy groups -OCH3 is 1. The number of hydrogen-bond acceptors (Lipinski definition) is 4. The highest BCUT2D eigenvalue weighted by Gasteiger charge is 2.07. The topological polar surface area (TPSA) is 52.0 Å². The SMILES string of the molecule is CNc1ccnc2c1cnn2Cc1ccc(OC)cc1. The third-order valence-electron chi connectivity index (χ3n) is 3.30. The van der Waals surface area contributed by atoms with E-state index in [-0.39, 0.29) is 0 Å². The van der Waals surface area contributed by atoms with Crippen molar-refractivity contribution in [2.24, 2.45) is 0 Å². The van der Waals surface area contributed by atoms with Crippen molar-refractivity contribution in [3.8, 4) is 5.75 Å². The second kappa shape index (κ2) is 5.21. The number of rotatable bonds is 4. The van der Waals surface area contributed by atoms with E-state index < -0.39 is 0 Å². The van der Waals surface area contributed by atoms with E-state index >= 15 is 0 Å². The quantitative estimate of drug-likeness (QED) is 0.790. The smallest absolute Gasteiger partial charge is 0.160 e. The number of benzene rings is 1. The Bertz CT molecular complexity index is 718. The fourth-order valence-electron chi connectivity index (χ4n) is 2.21. The summed E-state index contributed by atoms with van der Waals surface area (Å²) in [5.41, 5.74) is 3.08. The van der Waals surface area contributed by atoms with Gasteiger partial charge in [-0.15, -0.1) is 0 Å². The van der Waals surface area contributed by atoms with Gasteiger partial charge in [0.25, 0.3) is 0 Å². The van der Waals surface area contributed by atoms with Crippen LogP contribution in [0.4, 0.5) is 5.69 Å². The molecule has 0 amide bonds. The molecule has 2 aromatic heterocycles. The molecule has 20 heavy (non-hydrogen) atoms. The molecule has 0 aliphatic rings. The number of nitrogens with one attached hydrogen (secondary N) is 1. The lowest BCUT2D eigenvalue weighted by Crippen LogP contribution is -2.02. The molecule has 0 aliphatic carbocycles. The lowest BCUT2D eigenvalue weighted by molar-refractivity contribution is 0.414. The van der Waals surface area contributed by atoms with Crippen molar-refractivity contribution in [1.82, 2.24) is 14.8 Å². The second-order valence-electron chi connectivity index (χ2n) is 4.50. The molecular formula is C15H16N4O. The largest absolute Gasteiger partial charge is 0.497 e. The highest BCUT2D eigenvalue weighted by molar-refractivity contribution is 5.88. The first-order chi connectivity index (χ1) is 9.81. The van der Waals surface area contributed by atoms with E-state index in [2.05, 4.69) is 15.4 Å². The molecule has 5 heteroatoms. The maximum absolute atomic E-state index is 5.16. The van der Waals surface area contributed by atoms with Crippen molar-refractivity contribution in [3.05, 3.63) is 48.3 Å². The maximum Gasteiger partial charge on any atom is 0.160 e. The third-order valence-corrected chi connectivity index (χ3v) is 3.30. The third kappa shape index (κ3) is 2.18. The van der Waals surface area contributed by atoms with Crippen LogP contribution < -0.4 is 10.1 Å². The van der Waals surface area contributed by atoms with Crippen LogP contribution in [0.25, 0.3) is 11.0 Å². The Hall–Kier alpha value is -2.56. The Balaban J connectivity index is 1.94. The minimum absolute atomic E-state index is 0.688. The lowest BCUT2D eigenvalue weighted by atomic mass is 10.2. The van der Waals surface area contributed by atoms with Crippen molar-refractivity contribution < 1.29 is 4.74 Å². The van der Waals surface area contributed by atoms with Gasteiger partial charge in [-0.2, -0.15) is 5.10 Å². The van der Waals surface area contributed by atoms with Crippen LogP contribution in [0, 0.1) is 0 Å². The number of anilines is 1. The molecule has 0 fully saturated rings. The normalized spacial score (nSPS) is 10.7. The van der Waals surface area contributed by atoms with Crippen LogP contribution in [0.1, 0.15) is 5.56 Å². The summed E-state index contributed by atoms with van der Waals surface area (Å²) < 4.78 is 7.06. The second-order valence-corrected chi connectivity index (χ2v) is 4.50. The van der Waals surface area contributed by atoms with Gasteiger partial charge in [0, 0.05) is 18.9 Å². The molecule has 0 spiro atoms. The zero-order valence-corrected chi connectivity index (χ0v) is 11.5.